The van der Waals surface area contributed by atoms with Crippen molar-refractivity contribution in [1.82, 2.24) is 10.2 Å². The van der Waals surface area contributed by atoms with Gasteiger partial charge < -0.3 is 15.1 Å². The van der Waals surface area contributed by atoms with Crippen LogP contribution < -0.4 is 10.2 Å². The van der Waals surface area contributed by atoms with E-state index in [4.69, 9.17) is 11.6 Å². The molecule has 0 radical (unpaired) electrons. The Morgan fingerprint density at radius 1 is 0.941 bits per heavy atom. The molecule has 0 aliphatic carbocycles. The van der Waals surface area contributed by atoms with Crippen LogP contribution in [0.2, 0.25) is 5.02 Å². The lowest BCUT2D eigenvalue weighted by Crippen LogP contribution is -2.56. The molecule has 1 atom stereocenters. The number of nitro benzene ring substituents is 2. The molecule has 2 amide bonds. The zero-order valence-corrected chi connectivity index (χ0v) is 19.4. The summed E-state index contributed by atoms with van der Waals surface area (Å²) in [6.45, 7) is 5.55. The Hall–Kier alpha value is -3.73. The van der Waals surface area contributed by atoms with Crippen LogP contribution in [0.5, 0.6) is 0 Å². The van der Waals surface area contributed by atoms with Gasteiger partial charge in [0.25, 0.3) is 17.3 Å². The second kappa shape index (κ2) is 10.5. The second-order valence-corrected chi connectivity index (χ2v) is 8.61. The average molecular weight is 490 g/mol. The summed E-state index contributed by atoms with van der Waals surface area (Å²) in [6.07, 6.45) is 0. The van der Waals surface area contributed by atoms with Gasteiger partial charge in [0, 0.05) is 56.1 Å². The summed E-state index contributed by atoms with van der Waals surface area (Å²) in [5.74, 6) is -1.03. The number of amides is 2. The summed E-state index contributed by atoms with van der Waals surface area (Å²) in [7, 11) is 0. The third-order valence-electron chi connectivity index (χ3n) is 5.64. The molecule has 0 aromatic heterocycles. The van der Waals surface area contributed by atoms with Crippen LogP contribution in [0.1, 0.15) is 24.2 Å². The number of benzene rings is 2. The van der Waals surface area contributed by atoms with Crippen LogP contribution in [0.4, 0.5) is 17.1 Å². The Kier molecular flexibility index (Phi) is 7.67. The van der Waals surface area contributed by atoms with E-state index in [9.17, 15) is 29.8 Å². The fourth-order valence-corrected chi connectivity index (χ4v) is 3.96. The number of nitro groups is 2. The molecule has 1 aliphatic heterocycles. The molecule has 1 N–H and O–H groups in total. The monoisotopic (exact) mass is 489 g/mol. The molecule has 2 aromatic carbocycles. The Labute approximate surface area is 200 Å². The molecule has 180 valence electrons. The van der Waals surface area contributed by atoms with Crippen LogP contribution in [0, 0.1) is 26.1 Å². The third-order valence-corrected chi connectivity index (χ3v) is 5.96. The van der Waals surface area contributed by atoms with Crippen molar-refractivity contribution >= 4 is 40.5 Å². The number of piperazine rings is 1. The predicted octanol–water partition coefficient (Wildman–Crippen LogP) is 3.26. The van der Waals surface area contributed by atoms with Gasteiger partial charge in [-0.2, -0.15) is 0 Å². The van der Waals surface area contributed by atoms with Gasteiger partial charge >= 0.3 is 0 Å². The quantitative estimate of drug-likeness (QED) is 0.465. The van der Waals surface area contributed by atoms with Crippen molar-refractivity contribution in [2.45, 2.75) is 19.9 Å². The number of carbonyl (C=O) groups is 2. The Morgan fingerprint density at radius 2 is 1.50 bits per heavy atom. The number of nitrogens with one attached hydrogen (secondary N) is 1. The number of carbonyl (C=O) groups excluding carboxylic acids is 2. The highest BCUT2D eigenvalue weighted by Crippen LogP contribution is 2.24. The van der Waals surface area contributed by atoms with Crippen LogP contribution in [-0.4, -0.2) is 58.8 Å². The lowest BCUT2D eigenvalue weighted by Gasteiger charge is -2.38. The fourth-order valence-electron chi connectivity index (χ4n) is 3.70. The van der Waals surface area contributed by atoms with E-state index in [0.717, 1.165) is 11.8 Å². The van der Waals surface area contributed by atoms with Crippen molar-refractivity contribution < 1.29 is 19.4 Å². The largest absolute Gasteiger partial charge is 0.368 e. The van der Waals surface area contributed by atoms with E-state index >= 15 is 0 Å². The molecule has 0 unspecified atom stereocenters. The van der Waals surface area contributed by atoms with Gasteiger partial charge in [0.2, 0.25) is 5.91 Å². The summed E-state index contributed by atoms with van der Waals surface area (Å²) in [4.78, 5) is 50.3. The molecule has 0 spiro atoms. The van der Waals surface area contributed by atoms with Crippen LogP contribution in [0.3, 0.4) is 0 Å². The molecule has 1 saturated heterocycles. The third kappa shape index (κ3) is 5.60. The van der Waals surface area contributed by atoms with E-state index < -0.39 is 21.8 Å². The van der Waals surface area contributed by atoms with Crippen LogP contribution >= 0.6 is 11.6 Å². The maximum Gasteiger partial charge on any atom is 0.270 e. The topological polar surface area (TPSA) is 139 Å². The van der Waals surface area contributed by atoms with Crippen molar-refractivity contribution in [3.8, 4) is 0 Å². The minimum Gasteiger partial charge on any atom is -0.368 e. The first-order valence-electron chi connectivity index (χ1n) is 10.6. The van der Waals surface area contributed by atoms with E-state index in [-0.39, 0.29) is 33.8 Å². The lowest BCUT2D eigenvalue weighted by atomic mass is 10.0. The van der Waals surface area contributed by atoms with Crippen molar-refractivity contribution in [1.29, 1.82) is 0 Å². The fraction of sp³-hybridized carbons (Fsp3) is 0.364. The molecular formula is C22H24ClN5O6. The highest BCUT2D eigenvalue weighted by atomic mass is 35.5. The minimum absolute atomic E-state index is 0.0150. The number of anilines is 1. The Morgan fingerprint density at radius 3 is 2.00 bits per heavy atom. The lowest BCUT2D eigenvalue weighted by molar-refractivity contribution is -0.385. The van der Waals surface area contributed by atoms with Crippen molar-refractivity contribution in [3.05, 3.63) is 73.3 Å². The van der Waals surface area contributed by atoms with Gasteiger partial charge in [-0.3, -0.25) is 29.8 Å². The number of hydrogen-bond acceptors (Lipinski definition) is 7. The number of nitrogens with zero attached hydrogens (tertiary/aromatic N) is 4. The van der Waals surface area contributed by atoms with E-state index in [0.29, 0.717) is 26.2 Å². The second-order valence-electron chi connectivity index (χ2n) is 8.20. The number of rotatable bonds is 7. The number of non-ortho nitro benzene ring substituents is 2. The van der Waals surface area contributed by atoms with E-state index in [1.165, 1.54) is 24.3 Å². The highest BCUT2D eigenvalue weighted by molar-refractivity contribution is 6.34. The maximum atomic E-state index is 13.2. The van der Waals surface area contributed by atoms with Crippen LogP contribution in [0.25, 0.3) is 0 Å². The summed E-state index contributed by atoms with van der Waals surface area (Å²) in [6, 6.07) is 9.00. The number of halogens is 1. The van der Waals surface area contributed by atoms with Gasteiger partial charge in [-0.05, 0) is 24.1 Å². The van der Waals surface area contributed by atoms with Gasteiger partial charge in [-0.25, -0.2) is 0 Å². The maximum absolute atomic E-state index is 13.2. The standard InChI is InChI=1S/C22H24ClN5O6/c1-14(2)20(24-21(29)18-8-7-17(28(33)34)13-19(18)23)22(30)26-11-9-25(10-12-26)15-3-5-16(6-4-15)27(31)32/h3-8,13-14,20H,9-12H2,1-2H3,(H,24,29)/t20-/m0/s1. The molecule has 0 bridgehead atoms. The van der Waals surface area contributed by atoms with Gasteiger partial charge in [0.15, 0.2) is 0 Å². The van der Waals surface area contributed by atoms with E-state index in [1.54, 1.807) is 17.0 Å². The molecule has 11 nitrogen and oxygen atoms in total. The average Bonchev–Trinajstić information content (AvgIpc) is 2.81. The predicted molar refractivity (Wildman–Crippen MR) is 126 cm³/mol. The van der Waals surface area contributed by atoms with Gasteiger partial charge in [0.05, 0.1) is 20.4 Å². The van der Waals surface area contributed by atoms with Crippen molar-refractivity contribution in [2.75, 3.05) is 31.1 Å². The first-order chi connectivity index (χ1) is 16.1. The molecule has 1 heterocycles. The molecule has 34 heavy (non-hydrogen) atoms. The smallest absolute Gasteiger partial charge is 0.270 e. The number of hydrogen-bond donors (Lipinski definition) is 1. The summed E-state index contributed by atoms with van der Waals surface area (Å²) in [5.41, 5.74) is 0.665. The molecule has 1 fully saturated rings. The van der Waals surface area contributed by atoms with E-state index in [1.807, 2.05) is 18.7 Å². The van der Waals surface area contributed by atoms with Crippen molar-refractivity contribution in [2.24, 2.45) is 5.92 Å². The highest BCUT2D eigenvalue weighted by Gasteiger charge is 2.31. The van der Waals surface area contributed by atoms with Gasteiger partial charge in [-0.15, -0.1) is 0 Å². The molecule has 1 aliphatic rings. The van der Waals surface area contributed by atoms with Crippen LogP contribution in [0.15, 0.2) is 42.5 Å². The zero-order chi connectivity index (χ0) is 25.0. The van der Waals surface area contributed by atoms with Gasteiger partial charge in [-0.1, -0.05) is 25.4 Å². The molecule has 0 saturated carbocycles. The summed E-state index contributed by atoms with van der Waals surface area (Å²) >= 11 is 6.06. The summed E-state index contributed by atoms with van der Waals surface area (Å²) < 4.78 is 0. The Bertz CT molecular complexity index is 1100. The summed E-state index contributed by atoms with van der Waals surface area (Å²) in [5, 5.41) is 24.4. The van der Waals surface area contributed by atoms with Gasteiger partial charge in [0.1, 0.15) is 6.04 Å². The first-order valence-corrected chi connectivity index (χ1v) is 11.0. The minimum atomic E-state index is -0.801. The normalized spacial score (nSPS) is 14.6. The first kappa shape index (κ1) is 24.9. The SMILES string of the molecule is CC(C)[C@H](NC(=O)c1ccc([N+](=O)[O-])cc1Cl)C(=O)N1CCN(c2ccc([N+](=O)[O-])cc2)CC1. The van der Waals surface area contributed by atoms with Crippen LogP contribution in [-0.2, 0) is 4.79 Å². The van der Waals surface area contributed by atoms with E-state index in [2.05, 4.69) is 5.32 Å². The molecule has 12 heteroatoms. The molecular weight excluding hydrogens is 466 g/mol. The Balaban J connectivity index is 1.64. The van der Waals surface area contributed by atoms with Crippen molar-refractivity contribution in [3.63, 3.8) is 0 Å². The molecule has 2 aromatic rings. The molecule has 3 rings (SSSR count). The zero-order valence-electron chi connectivity index (χ0n) is 18.6.